The Kier molecular flexibility index (Phi) is 78.8. The largest absolute Gasteiger partial charge is 0.472 e. The number of aliphatic hydroxyl groups excluding tert-OH is 1. The van der Waals surface area contributed by atoms with E-state index >= 15 is 0 Å². The summed E-state index contributed by atoms with van der Waals surface area (Å²) in [5.41, 5.74) is 0. The lowest BCUT2D eigenvalue weighted by molar-refractivity contribution is -0.161. The normalized spacial score (nSPS) is 13.8. The molecular weight excluding hydrogens is 1400 g/mol. The number of carbonyl (C=O) groups excluding carboxylic acids is 4. The molecule has 5 atom stereocenters. The van der Waals surface area contributed by atoms with Crippen molar-refractivity contribution in [2.45, 2.75) is 496 Å². The van der Waals surface area contributed by atoms with Gasteiger partial charge in [0.2, 0.25) is 0 Å². The zero-order valence-corrected chi connectivity index (χ0v) is 73.0. The van der Waals surface area contributed by atoms with Crippen LogP contribution in [-0.2, 0) is 65.4 Å². The molecule has 0 aromatic rings. The maximum atomic E-state index is 13.2. The van der Waals surface area contributed by atoms with Crippen molar-refractivity contribution in [2.75, 3.05) is 39.6 Å². The van der Waals surface area contributed by atoms with Gasteiger partial charge < -0.3 is 33.8 Å². The summed E-state index contributed by atoms with van der Waals surface area (Å²) < 4.78 is 69.0. The SMILES string of the molecule is CCCCCCCCCCCCCCCCCCCCC(=O)O[C@H](COC(=O)CCCCCCCCCCCCCCC)COP(=O)(O)OC[C@H](O)COP(=O)(O)OC[C@@H](COC(=O)CCCCCCCCCCCCCCCCCC(C)C)OC(=O)CCCCCCCCCCCCCCCCCCC(C)C. The fraction of sp³-hybridized carbons (Fsp3) is 0.955. The maximum Gasteiger partial charge on any atom is 0.472 e. The minimum atomic E-state index is -4.97. The Morgan fingerprint density at radius 2 is 0.426 bits per heavy atom. The van der Waals surface area contributed by atoms with Crippen LogP contribution in [0.25, 0.3) is 0 Å². The molecule has 642 valence electrons. The van der Waals surface area contributed by atoms with Crippen LogP contribution in [0.1, 0.15) is 478 Å². The van der Waals surface area contributed by atoms with E-state index in [1.807, 2.05) is 0 Å². The van der Waals surface area contributed by atoms with Crippen LogP contribution in [0.5, 0.6) is 0 Å². The zero-order valence-electron chi connectivity index (χ0n) is 71.2. The predicted octanol–water partition coefficient (Wildman–Crippen LogP) is 27.4. The lowest BCUT2D eigenvalue weighted by Gasteiger charge is -2.21. The third-order valence-electron chi connectivity index (χ3n) is 21.0. The molecule has 0 amide bonds. The molecule has 2 unspecified atom stereocenters. The second kappa shape index (κ2) is 80.3. The number of unbranched alkanes of at least 4 members (excludes halogenated alkanes) is 58. The highest BCUT2D eigenvalue weighted by Crippen LogP contribution is 2.45. The molecule has 0 saturated heterocycles. The summed E-state index contributed by atoms with van der Waals surface area (Å²) in [7, 11) is -9.93. The van der Waals surface area contributed by atoms with Gasteiger partial charge >= 0.3 is 39.5 Å². The van der Waals surface area contributed by atoms with Crippen molar-refractivity contribution < 1.29 is 80.2 Å². The molecule has 0 heterocycles. The predicted molar refractivity (Wildman–Crippen MR) is 446 cm³/mol. The van der Waals surface area contributed by atoms with E-state index in [4.69, 9.17) is 37.0 Å². The molecule has 0 fully saturated rings. The van der Waals surface area contributed by atoms with Gasteiger partial charge in [-0.25, -0.2) is 9.13 Å². The van der Waals surface area contributed by atoms with Gasteiger partial charge in [0.25, 0.3) is 0 Å². The van der Waals surface area contributed by atoms with Crippen LogP contribution in [0.2, 0.25) is 0 Å². The number of rotatable bonds is 88. The summed E-state index contributed by atoms with van der Waals surface area (Å²) in [6, 6.07) is 0. The molecule has 17 nitrogen and oxygen atoms in total. The quantitative estimate of drug-likeness (QED) is 0.0222. The topological polar surface area (TPSA) is 237 Å². The van der Waals surface area contributed by atoms with E-state index in [-0.39, 0.29) is 25.7 Å². The first-order chi connectivity index (χ1) is 52.4. The molecule has 0 spiro atoms. The van der Waals surface area contributed by atoms with Crippen molar-refractivity contribution in [3.05, 3.63) is 0 Å². The highest BCUT2D eigenvalue weighted by Gasteiger charge is 2.31. The number of hydrogen-bond acceptors (Lipinski definition) is 15. The van der Waals surface area contributed by atoms with Crippen LogP contribution in [0.3, 0.4) is 0 Å². The first-order valence-electron chi connectivity index (χ1n) is 46.0. The lowest BCUT2D eigenvalue weighted by atomic mass is 10.0. The van der Waals surface area contributed by atoms with E-state index in [1.54, 1.807) is 0 Å². The van der Waals surface area contributed by atoms with Gasteiger partial charge in [-0.15, -0.1) is 0 Å². The molecule has 0 bridgehead atoms. The van der Waals surface area contributed by atoms with Gasteiger partial charge in [-0.3, -0.25) is 37.3 Å². The molecule has 0 aliphatic rings. The number of phosphoric acid groups is 2. The summed E-state index contributed by atoms with van der Waals surface area (Å²) >= 11 is 0. The third-order valence-corrected chi connectivity index (χ3v) is 22.9. The Balaban J connectivity index is 5.27. The number of carbonyl (C=O) groups is 4. The second-order valence-electron chi connectivity index (χ2n) is 32.9. The molecular formula is C89H174O17P2. The van der Waals surface area contributed by atoms with Crippen LogP contribution in [0.15, 0.2) is 0 Å². The third kappa shape index (κ3) is 82.1. The number of phosphoric ester groups is 2. The van der Waals surface area contributed by atoms with Gasteiger partial charge in [-0.2, -0.15) is 0 Å². The van der Waals surface area contributed by atoms with Crippen molar-refractivity contribution >= 4 is 39.5 Å². The summed E-state index contributed by atoms with van der Waals surface area (Å²) in [6.07, 6.45) is 73.5. The van der Waals surface area contributed by atoms with E-state index in [0.29, 0.717) is 25.7 Å². The van der Waals surface area contributed by atoms with Gasteiger partial charge in [0, 0.05) is 25.7 Å². The van der Waals surface area contributed by atoms with Crippen molar-refractivity contribution in [2.24, 2.45) is 11.8 Å². The maximum absolute atomic E-state index is 13.2. The first kappa shape index (κ1) is 106. The van der Waals surface area contributed by atoms with Crippen molar-refractivity contribution in [3.63, 3.8) is 0 Å². The molecule has 0 rings (SSSR count). The summed E-state index contributed by atoms with van der Waals surface area (Å²) in [5, 5.41) is 10.7. The molecule has 0 aromatic carbocycles. The summed E-state index contributed by atoms with van der Waals surface area (Å²) in [4.78, 5) is 73.4. The summed E-state index contributed by atoms with van der Waals surface area (Å²) in [6.45, 7) is 9.76. The van der Waals surface area contributed by atoms with Gasteiger partial charge in [-0.05, 0) is 37.5 Å². The molecule has 0 radical (unpaired) electrons. The fourth-order valence-electron chi connectivity index (χ4n) is 14.0. The minimum Gasteiger partial charge on any atom is -0.462 e. The minimum absolute atomic E-state index is 0.109. The Morgan fingerprint density at radius 3 is 0.630 bits per heavy atom. The number of ether oxygens (including phenoxy) is 4. The Morgan fingerprint density at radius 1 is 0.250 bits per heavy atom. The number of esters is 4. The highest BCUT2D eigenvalue weighted by atomic mass is 31.2. The molecule has 0 saturated carbocycles. The number of aliphatic hydroxyl groups is 1. The smallest absolute Gasteiger partial charge is 0.462 e. The van der Waals surface area contributed by atoms with Crippen LogP contribution in [-0.4, -0.2) is 96.7 Å². The van der Waals surface area contributed by atoms with E-state index in [1.165, 1.54) is 295 Å². The molecule has 0 aliphatic carbocycles. The fourth-order valence-corrected chi connectivity index (χ4v) is 15.5. The van der Waals surface area contributed by atoms with Gasteiger partial charge in [-0.1, -0.05) is 427 Å². The van der Waals surface area contributed by atoms with Gasteiger partial charge in [0.05, 0.1) is 26.4 Å². The molecule has 0 aliphatic heterocycles. The van der Waals surface area contributed by atoms with E-state index in [9.17, 15) is 43.2 Å². The average Bonchev–Trinajstić information content (AvgIpc) is 0.880. The summed E-state index contributed by atoms with van der Waals surface area (Å²) in [5.74, 6) is -0.480. The van der Waals surface area contributed by atoms with Crippen LogP contribution < -0.4 is 0 Å². The monoisotopic (exact) mass is 1580 g/mol. The Bertz CT molecular complexity index is 2060. The van der Waals surface area contributed by atoms with Crippen molar-refractivity contribution in [1.82, 2.24) is 0 Å². The van der Waals surface area contributed by atoms with E-state index in [2.05, 4.69) is 41.5 Å². The van der Waals surface area contributed by atoms with Crippen LogP contribution >= 0.6 is 15.6 Å². The molecule has 108 heavy (non-hydrogen) atoms. The van der Waals surface area contributed by atoms with Crippen LogP contribution in [0.4, 0.5) is 0 Å². The highest BCUT2D eigenvalue weighted by molar-refractivity contribution is 7.47. The molecule has 3 N–H and O–H groups in total. The molecule has 0 aromatic heterocycles. The van der Waals surface area contributed by atoms with Crippen LogP contribution in [0, 0.1) is 11.8 Å². The van der Waals surface area contributed by atoms with Gasteiger partial charge in [0.15, 0.2) is 12.2 Å². The standard InChI is InChI=1S/C89H174O17P2/c1-7-9-11-13-15-17-19-21-22-23-24-30-37-43-49-55-61-67-73-88(93)105-84(77-99-86(91)71-65-59-53-47-41-33-20-18-16-14-12-10-8-2)79-103-107(95,96)101-75-83(90)76-102-108(97,98)104-80-85(78-100-87(92)72-66-60-54-48-42-36-32-27-29-35-40-46-52-58-64-70-82(5)6)106-89(94)74-68-62-56-50-44-38-31-26-25-28-34-39-45-51-57-63-69-81(3)4/h81-85,90H,7-80H2,1-6H3,(H,95,96)(H,97,98)/t83-,84+,85+/m0/s1. The van der Waals surface area contributed by atoms with Crippen molar-refractivity contribution in [1.29, 1.82) is 0 Å². The van der Waals surface area contributed by atoms with Gasteiger partial charge in [0.1, 0.15) is 19.3 Å². The van der Waals surface area contributed by atoms with Crippen molar-refractivity contribution in [3.8, 4) is 0 Å². The Hall–Kier alpha value is -1.94. The van der Waals surface area contributed by atoms with E-state index < -0.39 is 97.5 Å². The zero-order chi connectivity index (χ0) is 79.2. The van der Waals surface area contributed by atoms with E-state index in [0.717, 1.165) is 102 Å². The Labute approximate surface area is 664 Å². The first-order valence-corrected chi connectivity index (χ1v) is 49.0. The number of hydrogen-bond donors (Lipinski definition) is 3. The second-order valence-corrected chi connectivity index (χ2v) is 35.8. The molecule has 19 heteroatoms. The lowest BCUT2D eigenvalue weighted by Crippen LogP contribution is -2.30. The average molecular weight is 1580 g/mol.